The van der Waals surface area contributed by atoms with E-state index in [4.69, 9.17) is 10.6 Å². The summed E-state index contributed by atoms with van der Waals surface area (Å²) in [6.45, 7) is 2.40. The molecule has 0 fully saturated rings. The van der Waals surface area contributed by atoms with Crippen LogP contribution in [0.5, 0.6) is 5.75 Å². The Bertz CT molecular complexity index is 605. The van der Waals surface area contributed by atoms with Gasteiger partial charge >= 0.3 is 0 Å². The monoisotopic (exact) mass is 292 g/mol. The van der Waals surface area contributed by atoms with Crippen molar-refractivity contribution in [1.82, 2.24) is 5.43 Å². The van der Waals surface area contributed by atoms with Gasteiger partial charge in [0.25, 0.3) is 0 Å². The topological polar surface area (TPSA) is 47.3 Å². The molecule has 21 heavy (non-hydrogen) atoms. The lowest BCUT2D eigenvalue weighted by atomic mass is 9.98. The average Bonchev–Trinajstić information content (AvgIpc) is 2.49. The molecule has 0 aliphatic rings. The van der Waals surface area contributed by atoms with Gasteiger partial charge in [0, 0.05) is 5.56 Å². The molecular formula is C16H18F2N2O. The van der Waals surface area contributed by atoms with Gasteiger partial charge in [0.2, 0.25) is 0 Å². The van der Waals surface area contributed by atoms with Crippen LogP contribution in [0.3, 0.4) is 0 Å². The van der Waals surface area contributed by atoms with Crippen molar-refractivity contribution in [1.29, 1.82) is 0 Å². The Morgan fingerprint density at radius 2 is 1.95 bits per heavy atom. The highest BCUT2D eigenvalue weighted by molar-refractivity contribution is 5.37. The first-order chi connectivity index (χ1) is 10.2. The predicted molar refractivity (Wildman–Crippen MR) is 77.7 cm³/mol. The highest BCUT2D eigenvalue weighted by Gasteiger charge is 2.17. The summed E-state index contributed by atoms with van der Waals surface area (Å²) in [6, 6.07) is 10.4. The molecule has 0 saturated heterocycles. The van der Waals surface area contributed by atoms with Gasteiger partial charge in [-0.15, -0.1) is 0 Å². The molecule has 1 unspecified atom stereocenters. The average molecular weight is 292 g/mol. The van der Waals surface area contributed by atoms with Crippen LogP contribution in [0.1, 0.15) is 24.1 Å². The zero-order valence-corrected chi connectivity index (χ0v) is 11.8. The van der Waals surface area contributed by atoms with E-state index in [0.29, 0.717) is 12.4 Å². The van der Waals surface area contributed by atoms with Crippen molar-refractivity contribution in [3.63, 3.8) is 0 Å². The van der Waals surface area contributed by atoms with Crippen molar-refractivity contribution in [2.24, 2.45) is 5.84 Å². The molecule has 0 aromatic heterocycles. The Morgan fingerprint density at radius 3 is 2.67 bits per heavy atom. The Labute approximate surface area is 122 Å². The molecule has 3 nitrogen and oxygen atoms in total. The SMILES string of the molecule is CCOc1ccccc1C(Cc1cc(F)ccc1F)NN. The van der Waals surface area contributed by atoms with Gasteiger partial charge in [-0.05, 0) is 43.2 Å². The molecule has 0 heterocycles. The normalized spacial score (nSPS) is 12.2. The molecule has 0 saturated carbocycles. The van der Waals surface area contributed by atoms with Crippen LogP contribution in [0.2, 0.25) is 0 Å². The number of ether oxygens (including phenoxy) is 1. The summed E-state index contributed by atoms with van der Waals surface area (Å²) in [5.74, 6) is 5.34. The minimum Gasteiger partial charge on any atom is -0.494 e. The second-order valence-corrected chi connectivity index (χ2v) is 4.63. The van der Waals surface area contributed by atoms with Crippen LogP contribution in [-0.2, 0) is 6.42 Å². The number of hydrazine groups is 1. The van der Waals surface area contributed by atoms with Crippen molar-refractivity contribution in [2.75, 3.05) is 6.61 Å². The highest BCUT2D eigenvalue weighted by atomic mass is 19.1. The van der Waals surface area contributed by atoms with Gasteiger partial charge < -0.3 is 4.74 Å². The summed E-state index contributed by atoms with van der Waals surface area (Å²) >= 11 is 0. The lowest BCUT2D eigenvalue weighted by molar-refractivity contribution is 0.331. The number of nitrogens with two attached hydrogens (primary N) is 1. The van der Waals surface area contributed by atoms with Crippen molar-refractivity contribution in [3.8, 4) is 5.75 Å². The summed E-state index contributed by atoms with van der Waals surface area (Å²) in [7, 11) is 0. The summed E-state index contributed by atoms with van der Waals surface area (Å²) in [5, 5.41) is 0. The van der Waals surface area contributed by atoms with Crippen LogP contribution in [0, 0.1) is 11.6 Å². The van der Waals surface area contributed by atoms with Crippen LogP contribution < -0.4 is 16.0 Å². The maximum absolute atomic E-state index is 13.8. The van der Waals surface area contributed by atoms with E-state index < -0.39 is 11.6 Å². The fourth-order valence-electron chi connectivity index (χ4n) is 2.23. The maximum atomic E-state index is 13.8. The van der Waals surface area contributed by atoms with Crippen LogP contribution in [0.15, 0.2) is 42.5 Å². The number of rotatable bonds is 6. The molecule has 0 bridgehead atoms. The first-order valence-corrected chi connectivity index (χ1v) is 6.77. The summed E-state index contributed by atoms with van der Waals surface area (Å²) in [6.07, 6.45) is 0.226. The van der Waals surface area contributed by atoms with Gasteiger partial charge in [-0.25, -0.2) is 8.78 Å². The smallest absolute Gasteiger partial charge is 0.126 e. The molecular weight excluding hydrogens is 274 g/mol. The fraction of sp³-hybridized carbons (Fsp3) is 0.250. The Morgan fingerprint density at radius 1 is 1.19 bits per heavy atom. The highest BCUT2D eigenvalue weighted by Crippen LogP contribution is 2.28. The molecule has 2 aromatic carbocycles. The van der Waals surface area contributed by atoms with E-state index in [0.717, 1.165) is 17.7 Å². The van der Waals surface area contributed by atoms with Crippen molar-refractivity contribution >= 4 is 0 Å². The third-order valence-electron chi connectivity index (χ3n) is 3.23. The molecule has 2 rings (SSSR count). The Hall–Kier alpha value is -1.98. The van der Waals surface area contributed by atoms with E-state index in [1.807, 2.05) is 31.2 Å². The number of para-hydroxylation sites is 1. The molecule has 112 valence electrons. The van der Waals surface area contributed by atoms with Crippen LogP contribution in [0.25, 0.3) is 0 Å². The maximum Gasteiger partial charge on any atom is 0.126 e. The van der Waals surface area contributed by atoms with E-state index >= 15 is 0 Å². The van der Waals surface area contributed by atoms with Gasteiger partial charge in [0.05, 0.1) is 12.6 Å². The van der Waals surface area contributed by atoms with Crippen molar-refractivity contribution in [3.05, 3.63) is 65.2 Å². The number of halogens is 2. The van der Waals surface area contributed by atoms with E-state index in [9.17, 15) is 8.78 Å². The van der Waals surface area contributed by atoms with Crippen LogP contribution >= 0.6 is 0 Å². The molecule has 1 atom stereocenters. The number of nitrogens with one attached hydrogen (secondary N) is 1. The third kappa shape index (κ3) is 3.77. The van der Waals surface area contributed by atoms with Gasteiger partial charge in [-0.1, -0.05) is 18.2 Å². The fourth-order valence-corrected chi connectivity index (χ4v) is 2.23. The summed E-state index contributed by atoms with van der Waals surface area (Å²) in [4.78, 5) is 0. The number of benzene rings is 2. The van der Waals surface area contributed by atoms with Gasteiger partial charge in [-0.3, -0.25) is 11.3 Å². The van der Waals surface area contributed by atoms with Gasteiger partial charge in [0.15, 0.2) is 0 Å². The second kappa shape index (κ2) is 7.15. The van der Waals surface area contributed by atoms with E-state index in [2.05, 4.69) is 5.43 Å². The lowest BCUT2D eigenvalue weighted by Crippen LogP contribution is -2.30. The molecule has 0 spiro atoms. The molecule has 5 heteroatoms. The predicted octanol–water partition coefficient (Wildman–Crippen LogP) is 3.11. The van der Waals surface area contributed by atoms with Gasteiger partial charge in [0.1, 0.15) is 17.4 Å². The third-order valence-corrected chi connectivity index (χ3v) is 3.23. The van der Waals surface area contributed by atoms with E-state index in [1.165, 1.54) is 6.07 Å². The van der Waals surface area contributed by atoms with Crippen molar-refractivity contribution < 1.29 is 13.5 Å². The Balaban J connectivity index is 2.30. The Kier molecular flexibility index (Phi) is 5.25. The minimum absolute atomic E-state index is 0.226. The first kappa shape index (κ1) is 15.4. The largest absolute Gasteiger partial charge is 0.494 e. The molecule has 0 aliphatic heterocycles. The zero-order chi connectivity index (χ0) is 15.2. The molecule has 0 aliphatic carbocycles. The number of hydrogen-bond donors (Lipinski definition) is 2. The number of hydrogen-bond acceptors (Lipinski definition) is 3. The van der Waals surface area contributed by atoms with Crippen LogP contribution in [-0.4, -0.2) is 6.61 Å². The summed E-state index contributed by atoms with van der Waals surface area (Å²) in [5.41, 5.74) is 3.72. The standard InChI is InChI=1S/C16H18F2N2O/c1-2-21-16-6-4-3-5-13(16)15(20-19)10-11-9-12(17)7-8-14(11)18/h3-9,15,20H,2,10,19H2,1H3. The molecule has 3 N–H and O–H groups in total. The second-order valence-electron chi connectivity index (χ2n) is 4.63. The van der Waals surface area contributed by atoms with Crippen molar-refractivity contribution in [2.45, 2.75) is 19.4 Å². The van der Waals surface area contributed by atoms with Gasteiger partial charge in [-0.2, -0.15) is 0 Å². The molecule has 2 aromatic rings. The minimum atomic E-state index is -0.472. The molecule has 0 amide bonds. The van der Waals surface area contributed by atoms with Crippen LogP contribution in [0.4, 0.5) is 8.78 Å². The molecule has 0 radical (unpaired) electrons. The van der Waals surface area contributed by atoms with E-state index in [1.54, 1.807) is 0 Å². The quantitative estimate of drug-likeness (QED) is 0.635. The summed E-state index contributed by atoms with van der Waals surface area (Å²) < 4.78 is 32.6. The zero-order valence-electron chi connectivity index (χ0n) is 11.8. The lowest BCUT2D eigenvalue weighted by Gasteiger charge is -2.20. The van der Waals surface area contributed by atoms with E-state index in [-0.39, 0.29) is 18.0 Å². The first-order valence-electron chi connectivity index (χ1n) is 6.77.